The molecule has 0 saturated heterocycles. The van der Waals surface area contributed by atoms with Gasteiger partial charge in [0.2, 0.25) is 5.95 Å². The zero-order valence-electron chi connectivity index (χ0n) is 16.7. The summed E-state index contributed by atoms with van der Waals surface area (Å²) in [6.07, 6.45) is 0.683. The van der Waals surface area contributed by atoms with Crippen molar-refractivity contribution < 1.29 is 9.53 Å². The molecule has 2 heterocycles. The Morgan fingerprint density at radius 2 is 1.96 bits per heavy atom. The van der Waals surface area contributed by atoms with Crippen molar-refractivity contribution in [1.29, 1.82) is 0 Å². The van der Waals surface area contributed by atoms with Gasteiger partial charge < -0.3 is 19.8 Å². The molecule has 148 valence electrons. The second-order valence-corrected chi connectivity index (χ2v) is 14.0. The number of halogens is 1. The Hall–Kier alpha value is -1.48. The van der Waals surface area contributed by atoms with Gasteiger partial charge in [0.05, 0.1) is 24.6 Å². The Kier molecular flexibility index (Phi) is 4.91. The number of aliphatic hydroxyl groups is 1. The van der Waals surface area contributed by atoms with Crippen molar-refractivity contribution in [2.75, 3.05) is 5.73 Å². The Labute approximate surface area is 165 Å². The summed E-state index contributed by atoms with van der Waals surface area (Å²) in [7, 11) is -2.03. The molecule has 3 rings (SSSR count). The summed E-state index contributed by atoms with van der Waals surface area (Å²) in [5.41, 5.74) is 7.50. The van der Waals surface area contributed by atoms with Crippen LogP contribution in [0.1, 0.15) is 33.7 Å². The summed E-state index contributed by atoms with van der Waals surface area (Å²) < 4.78 is 8.38. The molecule has 4 atom stereocenters. The van der Waals surface area contributed by atoms with Gasteiger partial charge in [-0.15, -0.1) is 0 Å². The molecule has 1 aliphatic rings. The van der Waals surface area contributed by atoms with Crippen molar-refractivity contribution in [3.05, 3.63) is 23.6 Å². The number of fused-ring (bicyclic) bond motifs is 1. The van der Waals surface area contributed by atoms with E-state index >= 15 is 0 Å². The van der Waals surface area contributed by atoms with E-state index in [1.807, 2.05) is 6.92 Å². The first-order valence-corrected chi connectivity index (χ1v) is 12.3. The number of nitrogens with two attached hydrogens (primary N) is 1. The number of hydrogen-bond donors (Lipinski definition) is 2. The lowest BCUT2D eigenvalue weighted by Crippen LogP contribution is -2.45. The molecule has 9 heteroatoms. The summed E-state index contributed by atoms with van der Waals surface area (Å²) in [5.74, 6) is -0.0433. The van der Waals surface area contributed by atoms with Crippen LogP contribution in [0, 0.1) is 5.92 Å². The van der Waals surface area contributed by atoms with E-state index < -0.39 is 20.5 Å². The van der Waals surface area contributed by atoms with Crippen LogP contribution in [0.3, 0.4) is 0 Å². The van der Waals surface area contributed by atoms with E-state index in [1.54, 1.807) is 10.9 Å². The number of rotatable bonds is 3. The van der Waals surface area contributed by atoms with Crippen molar-refractivity contribution in [1.82, 2.24) is 19.5 Å². The Balaban J connectivity index is 2.00. The van der Waals surface area contributed by atoms with Crippen LogP contribution in [0.4, 0.5) is 5.95 Å². The first-order chi connectivity index (χ1) is 12.3. The SMILES string of the molecule is C=C1[C@@H](n2cnc3c(Cl)nc(N)nc32)[C@H](O)[C@H](C)[C@H]1O[Si](C)(C)C(C)(C)C. The molecule has 2 aromatic rings. The Morgan fingerprint density at radius 3 is 2.56 bits per heavy atom. The summed E-state index contributed by atoms with van der Waals surface area (Å²) in [5, 5.41) is 11.2. The molecule has 7 nitrogen and oxygen atoms in total. The quantitative estimate of drug-likeness (QED) is 0.456. The molecular weight excluding hydrogens is 382 g/mol. The van der Waals surface area contributed by atoms with Gasteiger partial charge in [0.25, 0.3) is 0 Å². The third-order valence-electron chi connectivity index (χ3n) is 6.01. The van der Waals surface area contributed by atoms with Gasteiger partial charge in [0.1, 0.15) is 5.52 Å². The molecule has 1 aliphatic carbocycles. The van der Waals surface area contributed by atoms with E-state index in [1.165, 1.54) is 0 Å². The second-order valence-electron chi connectivity index (χ2n) is 8.86. The van der Waals surface area contributed by atoms with Gasteiger partial charge in [0, 0.05) is 5.92 Å². The summed E-state index contributed by atoms with van der Waals surface area (Å²) in [6.45, 7) is 17.2. The molecular formula is C18H28ClN5O2Si. The van der Waals surface area contributed by atoms with Crippen LogP contribution in [-0.4, -0.2) is 45.2 Å². The number of imidazole rings is 1. The third kappa shape index (κ3) is 3.28. The average Bonchev–Trinajstić information content (AvgIpc) is 3.02. The van der Waals surface area contributed by atoms with Crippen molar-refractivity contribution in [2.45, 2.75) is 64.1 Å². The molecule has 0 amide bonds. The van der Waals surface area contributed by atoms with Crippen molar-refractivity contribution >= 4 is 37.0 Å². The van der Waals surface area contributed by atoms with E-state index in [-0.39, 0.29) is 28.2 Å². The largest absolute Gasteiger partial charge is 0.410 e. The predicted molar refractivity (Wildman–Crippen MR) is 110 cm³/mol. The molecule has 0 spiro atoms. The third-order valence-corrected chi connectivity index (χ3v) is 10.7. The standard InChI is InChI=1S/C18H28ClN5O2Si/c1-9-12(24-8-21-11-15(19)22-17(20)23-16(11)24)13(25)10(2)14(9)26-27(6,7)18(3,4)5/h8,10,12-14,25H,1H2,2-7H3,(H2,20,22,23)/t10-,12+,13+,14-/m0/s1. The highest BCUT2D eigenvalue weighted by Gasteiger charge is 2.49. The lowest BCUT2D eigenvalue weighted by Gasteiger charge is -2.39. The van der Waals surface area contributed by atoms with Crippen molar-refractivity contribution in [3.8, 4) is 0 Å². The fourth-order valence-corrected chi connectivity index (χ4v) is 4.89. The monoisotopic (exact) mass is 409 g/mol. The number of nitrogens with zero attached hydrogens (tertiary/aromatic N) is 4. The average molecular weight is 410 g/mol. The van der Waals surface area contributed by atoms with E-state index in [0.717, 1.165) is 5.57 Å². The first kappa shape index (κ1) is 20.3. The van der Waals surface area contributed by atoms with E-state index in [9.17, 15) is 5.11 Å². The molecule has 2 aromatic heterocycles. The summed E-state index contributed by atoms with van der Waals surface area (Å²) >= 11 is 6.14. The molecule has 3 N–H and O–H groups in total. The Bertz CT molecular complexity index is 892. The minimum Gasteiger partial charge on any atom is -0.410 e. The summed E-state index contributed by atoms with van der Waals surface area (Å²) in [6, 6.07) is -0.412. The highest BCUT2D eigenvalue weighted by Crippen LogP contribution is 2.46. The van der Waals surface area contributed by atoms with Gasteiger partial charge >= 0.3 is 0 Å². The van der Waals surface area contributed by atoms with Crippen LogP contribution in [0.2, 0.25) is 23.3 Å². The minimum atomic E-state index is -2.03. The lowest BCUT2D eigenvalue weighted by molar-refractivity contribution is 0.0705. The zero-order valence-corrected chi connectivity index (χ0v) is 18.4. The van der Waals surface area contributed by atoms with Gasteiger partial charge in [-0.3, -0.25) is 0 Å². The second kappa shape index (κ2) is 6.54. The van der Waals surface area contributed by atoms with E-state index in [0.29, 0.717) is 11.2 Å². The van der Waals surface area contributed by atoms with Crippen molar-refractivity contribution in [2.24, 2.45) is 5.92 Å². The molecule has 0 radical (unpaired) electrons. The molecule has 0 aliphatic heterocycles. The summed E-state index contributed by atoms with van der Waals surface area (Å²) in [4.78, 5) is 12.5. The fourth-order valence-electron chi connectivity index (χ4n) is 3.31. The first-order valence-electron chi connectivity index (χ1n) is 9.05. The van der Waals surface area contributed by atoms with Crippen LogP contribution >= 0.6 is 11.6 Å². The molecule has 0 bridgehead atoms. The number of aliphatic hydroxyl groups excluding tert-OH is 1. The number of aromatic nitrogens is 4. The van der Waals surface area contributed by atoms with Gasteiger partial charge in [-0.2, -0.15) is 9.97 Å². The zero-order chi connectivity index (χ0) is 20.3. The fraction of sp³-hybridized carbons (Fsp3) is 0.611. The van der Waals surface area contributed by atoms with Gasteiger partial charge in [-0.05, 0) is 23.7 Å². The van der Waals surface area contributed by atoms with Crippen LogP contribution in [-0.2, 0) is 4.43 Å². The maximum absolute atomic E-state index is 11.0. The van der Waals surface area contributed by atoms with Gasteiger partial charge in [-0.1, -0.05) is 45.9 Å². The molecule has 1 saturated carbocycles. The van der Waals surface area contributed by atoms with Gasteiger partial charge in [-0.25, -0.2) is 4.98 Å². The van der Waals surface area contributed by atoms with Crippen LogP contribution in [0.25, 0.3) is 11.2 Å². The number of hydrogen-bond acceptors (Lipinski definition) is 6. The number of nitrogen functional groups attached to an aromatic ring is 1. The van der Waals surface area contributed by atoms with Crippen molar-refractivity contribution in [3.63, 3.8) is 0 Å². The maximum Gasteiger partial charge on any atom is 0.223 e. The van der Waals surface area contributed by atoms with Crippen LogP contribution < -0.4 is 5.73 Å². The maximum atomic E-state index is 11.0. The molecule has 0 aromatic carbocycles. The number of anilines is 1. The lowest BCUT2D eigenvalue weighted by atomic mass is 10.1. The van der Waals surface area contributed by atoms with E-state index in [4.69, 9.17) is 21.8 Å². The highest BCUT2D eigenvalue weighted by atomic mass is 35.5. The highest BCUT2D eigenvalue weighted by molar-refractivity contribution is 6.74. The predicted octanol–water partition coefficient (Wildman–Crippen LogP) is 3.56. The molecule has 0 unspecified atom stereocenters. The van der Waals surface area contributed by atoms with Gasteiger partial charge in [0.15, 0.2) is 19.1 Å². The molecule has 1 fully saturated rings. The smallest absolute Gasteiger partial charge is 0.223 e. The normalized spacial score (nSPS) is 26.9. The van der Waals surface area contributed by atoms with E-state index in [2.05, 4.69) is 55.4 Å². The minimum absolute atomic E-state index is 0.0624. The topological polar surface area (TPSA) is 99.1 Å². The van der Waals surface area contributed by atoms with Crippen LogP contribution in [0.5, 0.6) is 0 Å². The molecule has 27 heavy (non-hydrogen) atoms. The Morgan fingerprint density at radius 1 is 1.33 bits per heavy atom. The van der Waals surface area contributed by atoms with Crippen LogP contribution in [0.15, 0.2) is 18.5 Å².